The molecule has 0 aliphatic heterocycles. The zero-order valence-corrected chi connectivity index (χ0v) is 14.9. The number of hydrogen-bond donors (Lipinski definition) is 3. The van der Waals surface area contributed by atoms with Crippen molar-refractivity contribution < 1.29 is 14.0 Å². The van der Waals surface area contributed by atoms with Crippen LogP contribution in [0.4, 0.5) is 10.1 Å². The van der Waals surface area contributed by atoms with Crippen LogP contribution in [-0.4, -0.2) is 23.3 Å². The van der Waals surface area contributed by atoms with Crippen molar-refractivity contribution in [2.75, 3.05) is 11.9 Å². The first-order valence-electron chi connectivity index (χ1n) is 7.59. The van der Waals surface area contributed by atoms with Gasteiger partial charge in [-0.3, -0.25) is 14.4 Å². The van der Waals surface area contributed by atoms with Gasteiger partial charge < -0.3 is 15.6 Å². The second kappa shape index (κ2) is 7.49. The first-order valence-corrected chi connectivity index (χ1v) is 8.38. The highest BCUT2D eigenvalue weighted by Crippen LogP contribution is 2.19. The molecule has 8 heteroatoms. The van der Waals surface area contributed by atoms with E-state index in [4.69, 9.17) is 0 Å². The van der Waals surface area contributed by atoms with E-state index in [1.165, 1.54) is 18.3 Å². The van der Waals surface area contributed by atoms with Gasteiger partial charge in [0.05, 0.1) is 12.2 Å². The molecule has 26 heavy (non-hydrogen) atoms. The Morgan fingerprint density at radius 1 is 1.15 bits per heavy atom. The Hall–Kier alpha value is -3.00. The number of H-pyrrole nitrogens is 1. The third-order valence-electron chi connectivity index (χ3n) is 3.65. The molecule has 0 spiro atoms. The molecule has 0 unspecified atom stereocenters. The lowest BCUT2D eigenvalue weighted by molar-refractivity contribution is -0.115. The van der Waals surface area contributed by atoms with E-state index >= 15 is 0 Å². The first kappa shape index (κ1) is 17.8. The van der Waals surface area contributed by atoms with Crippen molar-refractivity contribution in [3.05, 3.63) is 74.7 Å². The Morgan fingerprint density at radius 3 is 2.69 bits per heavy atom. The first-order chi connectivity index (χ1) is 12.5. The van der Waals surface area contributed by atoms with Gasteiger partial charge in [-0.2, -0.15) is 0 Å². The predicted octanol–water partition coefficient (Wildman–Crippen LogP) is 2.80. The van der Waals surface area contributed by atoms with Crippen molar-refractivity contribution in [3.8, 4) is 0 Å². The van der Waals surface area contributed by atoms with E-state index in [2.05, 4.69) is 31.5 Å². The smallest absolute Gasteiger partial charge is 0.257 e. The SMILES string of the molecule is O=C(CNC(=O)c1c[nH]c2ccccc2c1=O)Nc1ccc(Br)cc1F. The minimum Gasteiger partial charge on any atom is -0.360 e. The minimum absolute atomic E-state index is 0.00370. The number of aromatic nitrogens is 1. The molecule has 3 N–H and O–H groups in total. The summed E-state index contributed by atoms with van der Waals surface area (Å²) in [4.78, 5) is 39.3. The maximum Gasteiger partial charge on any atom is 0.257 e. The summed E-state index contributed by atoms with van der Waals surface area (Å²) >= 11 is 3.12. The zero-order valence-electron chi connectivity index (χ0n) is 13.3. The number of nitrogens with one attached hydrogen (secondary N) is 3. The normalized spacial score (nSPS) is 10.5. The largest absolute Gasteiger partial charge is 0.360 e. The predicted molar refractivity (Wildman–Crippen MR) is 99.6 cm³/mol. The number of anilines is 1. The van der Waals surface area contributed by atoms with Crippen molar-refractivity contribution in [3.63, 3.8) is 0 Å². The molecule has 0 aliphatic carbocycles. The summed E-state index contributed by atoms with van der Waals surface area (Å²) in [5.41, 5.74) is 0.0658. The third kappa shape index (κ3) is 3.80. The van der Waals surface area contributed by atoms with E-state index in [9.17, 15) is 18.8 Å². The van der Waals surface area contributed by atoms with Gasteiger partial charge in [0.25, 0.3) is 5.91 Å². The highest BCUT2D eigenvalue weighted by atomic mass is 79.9. The number of halogens is 2. The molecule has 3 rings (SSSR count). The van der Waals surface area contributed by atoms with Gasteiger partial charge in [-0.25, -0.2) is 4.39 Å². The fraction of sp³-hybridized carbons (Fsp3) is 0.0556. The molecule has 6 nitrogen and oxygen atoms in total. The number of pyridine rings is 1. The van der Waals surface area contributed by atoms with Gasteiger partial charge in [0.15, 0.2) is 0 Å². The summed E-state index contributed by atoms with van der Waals surface area (Å²) in [6.45, 7) is -0.402. The molecule has 132 valence electrons. The topological polar surface area (TPSA) is 91.1 Å². The van der Waals surface area contributed by atoms with Crippen LogP contribution in [0, 0.1) is 5.82 Å². The van der Waals surface area contributed by atoms with Crippen molar-refractivity contribution in [1.29, 1.82) is 0 Å². The Kier molecular flexibility index (Phi) is 5.13. The quantitative estimate of drug-likeness (QED) is 0.609. The van der Waals surface area contributed by atoms with E-state index < -0.39 is 29.6 Å². The van der Waals surface area contributed by atoms with Crippen LogP contribution in [-0.2, 0) is 4.79 Å². The lowest BCUT2D eigenvalue weighted by Crippen LogP contribution is -2.35. The van der Waals surface area contributed by atoms with Crippen molar-refractivity contribution >= 4 is 44.3 Å². The second-order valence-corrected chi connectivity index (χ2v) is 6.35. The van der Waals surface area contributed by atoms with E-state index in [0.717, 1.165) is 0 Å². The molecule has 0 fully saturated rings. The number of aromatic amines is 1. The molecule has 0 radical (unpaired) electrons. The third-order valence-corrected chi connectivity index (χ3v) is 4.14. The monoisotopic (exact) mass is 417 g/mol. The van der Waals surface area contributed by atoms with E-state index in [0.29, 0.717) is 15.4 Å². The number of carbonyl (C=O) groups excluding carboxylic acids is 2. The van der Waals surface area contributed by atoms with Crippen LogP contribution in [0.25, 0.3) is 10.9 Å². The summed E-state index contributed by atoms with van der Waals surface area (Å²) in [7, 11) is 0. The summed E-state index contributed by atoms with van der Waals surface area (Å²) < 4.78 is 14.2. The van der Waals surface area contributed by atoms with Crippen LogP contribution in [0.3, 0.4) is 0 Å². The van der Waals surface area contributed by atoms with E-state index in [1.54, 1.807) is 30.3 Å². The molecule has 1 aromatic heterocycles. The summed E-state index contributed by atoms with van der Waals surface area (Å²) in [5.74, 6) is -1.91. The summed E-state index contributed by atoms with van der Waals surface area (Å²) in [5, 5.41) is 5.08. The number of para-hydroxylation sites is 1. The van der Waals surface area contributed by atoms with Crippen LogP contribution < -0.4 is 16.1 Å². The number of rotatable bonds is 4. The molecule has 2 amide bonds. The number of carbonyl (C=O) groups is 2. The highest BCUT2D eigenvalue weighted by molar-refractivity contribution is 9.10. The fourth-order valence-corrected chi connectivity index (χ4v) is 2.71. The molecule has 0 bridgehead atoms. The van der Waals surface area contributed by atoms with Crippen molar-refractivity contribution in [2.24, 2.45) is 0 Å². The van der Waals surface area contributed by atoms with Crippen LogP contribution in [0.2, 0.25) is 0 Å². The lowest BCUT2D eigenvalue weighted by Gasteiger charge is -2.08. The number of amides is 2. The van der Waals surface area contributed by atoms with Crippen molar-refractivity contribution in [2.45, 2.75) is 0 Å². The van der Waals surface area contributed by atoms with E-state index in [-0.39, 0.29) is 11.3 Å². The minimum atomic E-state index is -0.691. The van der Waals surface area contributed by atoms with Crippen LogP contribution in [0.15, 0.2) is 57.9 Å². The van der Waals surface area contributed by atoms with Gasteiger partial charge >= 0.3 is 0 Å². The summed E-state index contributed by atoms with van der Waals surface area (Å²) in [6, 6.07) is 11.0. The lowest BCUT2D eigenvalue weighted by atomic mass is 10.1. The van der Waals surface area contributed by atoms with Gasteiger partial charge in [-0.1, -0.05) is 28.1 Å². The standard InChI is InChI=1S/C18H13BrFN3O3/c19-10-5-6-15(13(20)7-10)23-16(24)9-22-18(26)12-8-21-14-4-2-1-3-11(14)17(12)25/h1-8H,9H2,(H,21,25)(H,22,26)(H,23,24). The molecular weight excluding hydrogens is 405 g/mol. The number of benzene rings is 2. The summed E-state index contributed by atoms with van der Waals surface area (Å²) in [6.07, 6.45) is 1.30. The zero-order chi connectivity index (χ0) is 18.7. The highest BCUT2D eigenvalue weighted by Gasteiger charge is 2.14. The Morgan fingerprint density at radius 2 is 1.92 bits per heavy atom. The maximum atomic E-state index is 13.7. The number of hydrogen-bond acceptors (Lipinski definition) is 3. The molecule has 0 aliphatic rings. The second-order valence-electron chi connectivity index (χ2n) is 5.43. The van der Waals surface area contributed by atoms with Crippen LogP contribution in [0.1, 0.15) is 10.4 Å². The fourth-order valence-electron chi connectivity index (χ4n) is 2.38. The van der Waals surface area contributed by atoms with Gasteiger partial charge in [-0.05, 0) is 30.3 Å². The van der Waals surface area contributed by atoms with Gasteiger partial charge in [-0.15, -0.1) is 0 Å². The average molecular weight is 418 g/mol. The Balaban J connectivity index is 1.68. The molecule has 0 atom stereocenters. The Labute approximate surface area is 155 Å². The molecule has 2 aromatic carbocycles. The molecule has 1 heterocycles. The van der Waals surface area contributed by atoms with Gasteiger partial charge in [0.1, 0.15) is 11.4 Å². The van der Waals surface area contributed by atoms with E-state index in [1.807, 2.05) is 0 Å². The van der Waals surface area contributed by atoms with Crippen molar-refractivity contribution in [1.82, 2.24) is 10.3 Å². The van der Waals surface area contributed by atoms with Gasteiger partial charge in [0, 0.05) is 21.6 Å². The molecular formula is C18H13BrFN3O3. The Bertz CT molecular complexity index is 1060. The van der Waals surface area contributed by atoms with Crippen LogP contribution in [0.5, 0.6) is 0 Å². The molecule has 0 saturated heterocycles. The molecule has 0 saturated carbocycles. The average Bonchev–Trinajstić information content (AvgIpc) is 2.62. The van der Waals surface area contributed by atoms with Crippen LogP contribution >= 0.6 is 15.9 Å². The molecule has 3 aromatic rings. The number of fused-ring (bicyclic) bond motifs is 1. The van der Waals surface area contributed by atoms with Gasteiger partial charge in [0.2, 0.25) is 11.3 Å². The maximum absolute atomic E-state index is 13.7.